The van der Waals surface area contributed by atoms with Crippen molar-refractivity contribution in [3.8, 4) is 0 Å². The van der Waals surface area contributed by atoms with Gasteiger partial charge in [0.05, 0.1) is 0 Å². The Morgan fingerprint density at radius 2 is 1.86 bits per heavy atom. The lowest BCUT2D eigenvalue weighted by atomic mass is 9.90. The van der Waals surface area contributed by atoms with Gasteiger partial charge in [0.25, 0.3) is 0 Å². The standard InChI is InChI=1S/C14H15/c1-11-8-12(2)10-14(9-11)13-6-4-3-5-7-13/h4-6,8-10,13H,7H2,1-2H3/t13-/m0/s1. The summed E-state index contributed by atoms with van der Waals surface area (Å²) in [5, 5.41) is 0. The summed E-state index contributed by atoms with van der Waals surface area (Å²) in [5.41, 5.74) is 4.13. The molecule has 0 aromatic heterocycles. The zero-order chi connectivity index (χ0) is 9.97. The number of hydrogen-bond donors (Lipinski definition) is 0. The Morgan fingerprint density at radius 1 is 1.14 bits per heavy atom. The summed E-state index contributed by atoms with van der Waals surface area (Å²) < 4.78 is 0. The monoisotopic (exact) mass is 183 g/mol. The maximum Gasteiger partial charge on any atom is 0.00563 e. The molecule has 0 fully saturated rings. The highest BCUT2D eigenvalue weighted by molar-refractivity contribution is 5.34. The number of allylic oxidation sites excluding steroid dienone is 4. The van der Waals surface area contributed by atoms with Crippen LogP contribution in [0.1, 0.15) is 29.0 Å². The highest BCUT2D eigenvalue weighted by Crippen LogP contribution is 2.25. The molecule has 0 N–H and O–H groups in total. The van der Waals surface area contributed by atoms with Gasteiger partial charge in [-0.3, -0.25) is 0 Å². The minimum absolute atomic E-state index is 0.551. The topological polar surface area (TPSA) is 0 Å². The van der Waals surface area contributed by atoms with Crippen LogP contribution in [-0.2, 0) is 0 Å². The van der Waals surface area contributed by atoms with Gasteiger partial charge in [0.1, 0.15) is 0 Å². The molecule has 14 heavy (non-hydrogen) atoms. The molecule has 0 unspecified atom stereocenters. The van der Waals surface area contributed by atoms with Gasteiger partial charge < -0.3 is 0 Å². The minimum atomic E-state index is 0.551. The SMILES string of the molecule is Cc1cc(C)cc([C@H]2C=C[C]=CC2)c1. The second-order valence-corrected chi connectivity index (χ2v) is 3.99. The Hall–Kier alpha value is -1.30. The molecule has 2 rings (SSSR count). The smallest absolute Gasteiger partial charge is 0.00563 e. The van der Waals surface area contributed by atoms with Crippen LogP contribution in [0.15, 0.2) is 36.4 Å². The van der Waals surface area contributed by atoms with E-state index in [1.165, 1.54) is 16.7 Å². The normalized spacial score (nSPS) is 20.0. The maximum absolute atomic E-state index is 3.11. The van der Waals surface area contributed by atoms with Gasteiger partial charge in [-0.1, -0.05) is 47.6 Å². The lowest BCUT2D eigenvalue weighted by Crippen LogP contribution is -1.97. The summed E-state index contributed by atoms with van der Waals surface area (Å²) >= 11 is 0. The van der Waals surface area contributed by atoms with E-state index in [0.717, 1.165) is 6.42 Å². The van der Waals surface area contributed by atoms with Crippen molar-refractivity contribution in [2.75, 3.05) is 0 Å². The third kappa shape index (κ3) is 1.95. The van der Waals surface area contributed by atoms with Crippen LogP contribution in [-0.4, -0.2) is 0 Å². The van der Waals surface area contributed by atoms with Crippen LogP contribution in [0, 0.1) is 19.9 Å². The van der Waals surface area contributed by atoms with Crippen molar-refractivity contribution in [2.24, 2.45) is 0 Å². The van der Waals surface area contributed by atoms with E-state index in [-0.39, 0.29) is 0 Å². The lowest BCUT2D eigenvalue weighted by molar-refractivity contribution is 0.847. The fourth-order valence-corrected chi connectivity index (χ4v) is 1.98. The molecular formula is C14H15. The van der Waals surface area contributed by atoms with E-state index in [1.54, 1.807) is 0 Å². The molecule has 1 aromatic rings. The first-order chi connectivity index (χ1) is 6.75. The van der Waals surface area contributed by atoms with Gasteiger partial charge in [-0.2, -0.15) is 0 Å². The largest absolute Gasteiger partial charge is 0.0761 e. The van der Waals surface area contributed by atoms with Crippen LogP contribution in [0.25, 0.3) is 0 Å². The van der Waals surface area contributed by atoms with E-state index in [2.05, 4.69) is 50.3 Å². The molecule has 0 amide bonds. The molecule has 0 saturated heterocycles. The molecule has 0 saturated carbocycles. The first-order valence-corrected chi connectivity index (χ1v) is 5.08. The number of rotatable bonds is 1. The first kappa shape index (κ1) is 9.26. The van der Waals surface area contributed by atoms with Crippen molar-refractivity contribution in [1.29, 1.82) is 0 Å². The van der Waals surface area contributed by atoms with Crippen molar-refractivity contribution in [2.45, 2.75) is 26.2 Å². The molecule has 1 aromatic carbocycles. The second kappa shape index (κ2) is 3.83. The van der Waals surface area contributed by atoms with E-state index in [9.17, 15) is 0 Å². The number of benzene rings is 1. The van der Waals surface area contributed by atoms with E-state index >= 15 is 0 Å². The third-order valence-electron chi connectivity index (χ3n) is 2.59. The van der Waals surface area contributed by atoms with Gasteiger partial charge in [-0.15, -0.1) is 0 Å². The average Bonchev–Trinajstić information content (AvgIpc) is 2.18. The molecule has 0 aliphatic heterocycles. The van der Waals surface area contributed by atoms with Gasteiger partial charge in [0, 0.05) is 5.92 Å². The molecule has 0 nitrogen and oxygen atoms in total. The summed E-state index contributed by atoms with van der Waals surface area (Å²) in [7, 11) is 0. The highest BCUT2D eigenvalue weighted by atomic mass is 14.1. The summed E-state index contributed by atoms with van der Waals surface area (Å²) in [4.78, 5) is 0. The number of aryl methyl sites for hydroxylation is 2. The Labute approximate surface area is 86.0 Å². The van der Waals surface area contributed by atoms with Crippen molar-refractivity contribution in [1.82, 2.24) is 0 Å². The van der Waals surface area contributed by atoms with Gasteiger partial charge >= 0.3 is 0 Å². The highest BCUT2D eigenvalue weighted by Gasteiger charge is 2.08. The molecule has 1 aliphatic carbocycles. The van der Waals surface area contributed by atoms with Crippen LogP contribution in [0.2, 0.25) is 0 Å². The molecular weight excluding hydrogens is 168 g/mol. The predicted octanol–water partition coefficient (Wildman–Crippen LogP) is 3.71. The van der Waals surface area contributed by atoms with Crippen molar-refractivity contribution < 1.29 is 0 Å². The molecule has 1 aliphatic rings. The molecule has 0 heteroatoms. The molecule has 1 radical (unpaired) electrons. The number of hydrogen-bond acceptors (Lipinski definition) is 0. The molecule has 1 atom stereocenters. The van der Waals surface area contributed by atoms with E-state index < -0.39 is 0 Å². The van der Waals surface area contributed by atoms with Crippen LogP contribution < -0.4 is 0 Å². The summed E-state index contributed by atoms with van der Waals surface area (Å²) in [6, 6.07) is 6.78. The van der Waals surface area contributed by atoms with Gasteiger partial charge in [-0.05, 0) is 31.9 Å². The van der Waals surface area contributed by atoms with E-state index in [0.29, 0.717) is 5.92 Å². The molecule has 0 spiro atoms. The van der Waals surface area contributed by atoms with Crippen LogP contribution in [0.3, 0.4) is 0 Å². The Balaban J connectivity index is 2.32. The Morgan fingerprint density at radius 3 is 2.43 bits per heavy atom. The molecule has 0 heterocycles. The van der Waals surface area contributed by atoms with Crippen molar-refractivity contribution in [3.05, 3.63) is 59.2 Å². The summed E-state index contributed by atoms with van der Waals surface area (Å²) in [6.07, 6.45) is 10.6. The first-order valence-electron chi connectivity index (χ1n) is 5.08. The molecule has 0 bridgehead atoms. The zero-order valence-electron chi connectivity index (χ0n) is 8.75. The second-order valence-electron chi connectivity index (χ2n) is 3.99. The fourth-order valence-electron chi connectivity index (χ4n) is 1.98. The van der Waals surface area contributed by atoms with Crippen LogP contribution in [0.4, 0.5) is 0 Å². The predicted molar refractivity (Wildman–Crippen MR) is 60.2 cm³/mol. The fraction of sp³-hybridized carbons (Fsp3) is 0.286. The Bertz CT molecular complexity index is 363. The summed E-state index contributed by atoms with van der Waals surface area (Å²) in [5.74, 6) is 0.551. The maximum atomic E-state index is 3.11. The van der Waals surface area contributed by atoms with Gasteiger partial charge in [0.15, 0.2) is 0 Å². The van der Waals surface area contributed by atoms with Crippen molar-refractivity contribution >= 4 is 0 Å². The van der Waals surface area contributed by atoms with Gasteiger partial charge in [-0.25, -0.2) is 0 Å². The zero-order valence-corrected chi connectivity index (χ0v) is 8.75. The van der Waals surface area contributed by atoms with E-state index in [1.807, 2.05) is 6.08 Å². The lowest BCUT2D eigenvalue weighted by Gasteiger charge is -2.14. The molecule has 71 valence electrons. The van der Waals surface area contributed by atoms with E-state index in [4.69, 9.17) is 0 Å². The van der Waals surface area contributed by atoms with Crippen LogP contribution >= 0.6 is 0 Å². The van der Waals surface area contributed by atoms with Crippen molar-refractivity contribution in [3.63, 3.8) is 0 Å². The van der Waals surface area contributed by atoms with Gasteiger partial charge in [0.2, 0.25) is 0 Å². The summed E-state index contributed by atoms with van der Waals surface area (Å²) in [6.45, 7) is 4.32. The average molecular weight is 183 g/mol. The minimum Gasteiger partial charge on any atom is -0.0761 e. The third-order valence-corrected chi connectivity index (χ3v) is 2.59. The van der Waals surface area contributed by atoms with Crippen LogP contribution in [0.5, 0.6) is 0 Å². The Kier molecular flexibility index (Phi) is 2.53. The quantitative estimate of drug-likeness (QED) is 0.622.